The highest BCUT2D eigenvalue weighted by Crippen LogP contribution is 2.27. The molecule has 0 aromatic carbocycles. The van der Waals surface area contributed by atoms with Crippen molar-refractivity contribution < 1.29 is 13.5 Å². The van der Waals surface area contributed by atoms with Gasteiger partial charge in [-0.2, -0.15) is 5.10 Å². The first kappa shape index (κ1) is 13.5. The zero-order valence-corrected chi connectivity index (χ0v) is 11.2. The van der Waals surface area contributed by atoms with E-state index in [1.165, 1.54) is 17.1 Å². The fraction of sp³-hybridized carbons (Fsp3) is 0.727. The molecular formula is C11H19N3O3S. The van der Waals surface area contributed by atoms with Crippen molar-refractivity contribution in [3.8, 4) is 0 Å². The first-order valence-corrected chi connectivity index (χ1v) is 7.65. The zero-order chi connectivity index (χ0) is 13.2. The molecule has 1 aromatic rings. The Labute approximate surface area is 107 Å². The van der Waals surface area contributed by atoms with Crippen LogP contribution >= 0.6 is 0 Å². The molecule has 0 bridgehead atoms. The molecule has 102 valence electrons. The minimum atomic E-state index is -3.44. The minimum absolute atomic E-state index is 0.0609. The van der Waals surface area contributed by atoms with E-state index < -0.39 is 10.0 Å². The maximum atomic E-state index is 12.0. The molecule has 1 saturated carbocycles. The molecule has 0 aliphatic heterocycles. The van der Waals surface area contributed by atoms with Crippen LogP contribution in [0.15, 0.2) is 17.3 Å². The van der Waals surface area contributed by atoms with Crippen LogP contribution in [-0.4, -0.2) is 36.0 Å². The third kappa shape index (κ3) is 3.09. The first-order chi connectivity index (χ1) is 8.51. The second-order valence-corrected chi connectivity index (χ2v) is 6.63. The monoisotopic (exact) mass is 273 g/mol. The highest BCUT2D eigenvalue weighted by atomic mass is 32.2. The number of hydrogen-bond donors (Lipinski definition) is 2. The summed E-state index contributed by atoms with van der Waals surface area (Å²) in [7, 11) is -3.44. The van der Waals surface area contributed by atoms with Gasteiger partial charge in [0.2, 0.25) is 10.0 Å². The van der Waals surface area contributed by atoms with Crippen LogP contribution in [0.1, 0.15) is 26.2 Å². The number of hydrogen-bond acceptors (Lipinski definition) is 4. The van der Waals surface area contributed by atoms with Gasteiger partial charge in [-0.05, 0) is 25.2 Å². The minimum Gasteiger partial charge on any atom is -0.396 e. The molecule has 0 atom stereocenters. The van der Waals surface area contributed by atoms with Crippen LogP contribution in [0.2, 0.25) is 0 Å². The van der Waals surface area contributed by atoms with Gasteiger partial charge in [-0.25, -0.2) is 13.1 Å². The van der Waals surface area contributed by atoms with Gasteiger partial charge in [0.05, 0.1) is 6.20 Å². The van der Waals surface area contributed by atoms with E-state index in [9.17, 15) is 8.42 Å². The van der Waals surface area contributed by atoms with Gasteiger partial charge in [0.25, 0.3) is 0 Å². The molecule has 1 aromatic heterocycles. The number of nitrogens with one attached hydrogen (secondary N) is 1. The number of sulfonamides is 1. The van der Waals surface area contributed by atoms with E-state index in [1.807, 2.05) is 0 Å². The molecule has 1 fully saturated rings. The number of nitrogens with zero attached hydrogens (tertiary/aromatic N) is 2. The SMILES string of the molecule is CC1CC(NS(=O)(=O)c2cnn(CCCO)c2)C1. The highest BCUT2D eigenvalue weighted by molar-refractivity contribution is 7.89. The molecule has 0 spiro atoms. The highest BCUT2D eigenvalue weighted by Gasteiger charge is 2.30. The van der Waals surface area contributed by atoms with E-state index in [2.05, 4.69) is 16.7 Å². The van der Waals surface area contributed by atoms with E-state index >= 15 is 0 Å². The molecule has 1 heterocycles. The normalized spacial score (nSPS) is 23.9. The smallest absolute Gasteiger partial charge is 0.243 e. The van der Waals surface area contributed by atoms with Crippen molar-refractivity contribution in [3.63, 3.8) is 0 Å². The zero-order valence-electron chi connectivity index (χ0n) is 10.4. The van der Waals surface area contributed by atoms with Gasteiger partial charge in [-0.15, -0.1) is 0 Å². The summed E-state index contributed by atoms with van der Waals surface area (Å²) in [5, 5.41) is 12.7. The van der Waals surface area contributed by atoms with Crippen molar-refractivity contribution in [1.82, 2.24) is 14.5 Å². The predicted octanol–water partition coefficient (Wildman–Crippen LogP) is 0.342. The Morgan fingerprint density at radius 1 is 1.56 bits per heavy atom. The summed E-state index contributed by atoms with van der Waals surface area (Å²) >= 11 is 0. The van der Waals surface area contributed by atoms with E-state index in [-0.39, 0.29) is 17.5 Å². The second kappa shape index (κ2) is 5.38. The standard InChI is InChI=1S/C11H19N3O3S/c1-9-5-10(6-9)13-18(16,17)11-7-12-14(8-11)3-2-4-15/h7-10,13,15H,2-6H2,1H3. The van der Waals surface area contributed by atoms with E-state index in [1.54, 1.807) is 0 Å². The molecule has 0 amide bonds. The maximum absolute atomic E-state index is 12.0. The van der Waals surface area contributed by atoms with Gasteiger partial charge in [0.1, 0.15) is 4.90 Å². The Morgan fingerprint density at radius 2 is 2.28 bits per heavy atom. The summed E-state index contributed by atoms with van der Waals surface area (Å²) in [6, 6.07) is 0.0609. The number of aliphatic hydroxyl groups is 1. The molecular weight excluding hydrogens is 254 g/mol. The molecule has 7 heteroatoms. The average molecular weight is 273 g/mol. The van der Waals surface area contributed by atoms with E-state index in [0.29, 0.717) is 18.9 Å². The fourth-order valence-corrected chi connectivity index (χ4v) is 3.34. The van der Waals surface area contributed by atoms with Crippen molar-refractivity contribution in [2.75, 3.05) is 6.61 Å². The third-order valence-electron chi connectivity index (χ3n) is 3.16. The summed E-state index contributed by atoms with van der Waals surface area (Å²) in [5.41, 5.74) is 0. The van der Waals surface area contributed by atoms with Gasteiger partial charge in [-0.3, -0.25) is 4.68 Å². The average Bonchev–Trinajstić information content (AvgIpc) is 2.73. The van der Waals surface area contributed by atoms with Crippen LogP contribution in [0.3, 0.4) is 0 Å². The lowest BCUT2D eigenvalue weighted by Gasteiger charge is -2.32. The topological polar surface area (TPSA) is 84.2 Å². The summed E-state index contributed by atoms with van der Waals surface area (Å²) in [5.74, 6) is 0.602. The molecule has 0 radical (unpaired) electrons. The van der Waals surface area contributed by atoms with Crippen molar-refractivity contribution in [2.24, 2.45) is 5.92 Å². The maximum Gasteiger partial charge on any atom is 0.243 e. The summed E-state index contributed by atoms with van der Waals surface area (Å²) < 4.78 is 28.2. The summed E-state index contributed by atoms with van der Waals surface area (Å²) in [6.07, 6.45) is 5.21. The second-order valence-electron chi connectivity index (χ2n) is 4.91. The fourth-order valence-electron chi connectivity index (χ4n) is 2.12. The Balaban J connectivity index is 1.98. The van der Waals surface area contributed by atoms with Crippen molar-refractivity contribution >= 4 is 10.0 Å². The van der Waals surface area contributed by atoms with Gasteiger partial charge < -0.3 is 5.11 Å². The molecule has 0 saturated heterocycles. The Bertz CT molecular complexity index is 491. The number of aromatic nitrogens is 2. The van der Waals surface area contributed by atoms with Crippen molar-refractivity contribution in [2.45, 2.75) is 43.7 Å². The van der Waals surface area contributed by atoms with Crippen molar-refractivity contribution in [1.29, 1.82) is 0 Å². The van der Waals surface area contributed by atoms with Gasteiger partial charge in [0.15, 0.2) is 0 Å². The van der Waals surface area contributed by atoms with E-state index in [0.717, 1.165) is 12.8 Å². The first-order valence-electron chi connectivity index (χ1n) is 6.17. The predicted molar refractivity (Wildman–Crippen MR) is 66.4 cm³/mol. The number of aliphatic hydroxyl groups excluding tert-OH is 1. The van der Waals surface area contributed by atoms with Crippen LogP contribution < -0.4 is 4.72 Å². The molecule has 18 heavy (non-hydrogen) atoms. The summed E-state index contributed by atoms with van der Waals surface area (Å²) in [4.78, 5) is 0.194. The van der Waals surface area contributed by atoms with Gasteiger partial charge in [-0.1, -0.05) is 6.92 Å². The molecule has 2 N–H and O–H groups in total. The lowest BCUT2D eigenvalue weighted by Crippen LogP contribution is -2.43. The van der Waals surface area contributed by atoms with Crippen LogP contribution in [0, 0.1) is 5.92 Å². The number of rotatable bonds is 6. The molecule has 1 aliphatic carbocycles. The van der Waals surface area contributed by atoms with Crippen LogP contribution in [0.4, 0.5) is 0 Å². The van der Waals surface area contributed by atoms with E-state index in [4.69, 9.17) is 5.11 Å². The number of aryl methyl sites for hydroxylation is 1. The summed E-state index contributed by atoms with van der Waals surface area (Å²) in [6.45, 7) is 2.70. The Morgan fingerprint density at radius 3 is 2.89 bits per heavy atom. The Hall–Kier alpha value is -0.920. The molecule has 6 nitrogen and oxygen atoms in total. The molecule has 1 aliphatic rings. The molecule has 2 rings (SSSR count). The largest absolute Gasteiger partial charge is 0.396 e. The lowest BCUT2D eigenvalue weighted by atomic mass is 9.83. The lowest BCUT2D eigenvalue weighted by molar-refractivity contribution is 0.270. The van der Waals surface area contributed by atoms with Crippen molar-refractivity contribution in [3.05, 3.63) is 12.4 Å². The van der Waals surface area contributed by atoms with Gasteiger partial charge >= 0.3 is 0 Å². The quantitative estimate of drug-likeness (QED) is 0.783. The van der Waals surface area contributed by atoms with Crippen LogP contribution in [-0.2, 0) is 16.6 Å². The third-order valence-corrected chi connectivity index (χ3v) is 4.64. The van der Waals surface area contributed by atoms with Gasteiger partial charge in [0, 0.05) is 25.4 Å². The Kier molecular flexibility index (Phi) is 4.04. The van der Waals surface area contributed by atoms with Crippen LogP contribution in [0.25, 0.3) is 0 Å². The molecule has 0 unspecified atom stereocenters. The van der Waals surface area contributed by atoms with Crippen LogP contribution in [0.5, 0.6) is 0 Å².